The van der Waals surface area contributed by atoms with E-state index in [1.54, 1.807) is 6.07 Å². The zero-order valence-corrected chi connectivity index (χ0v) is 22.7. The number of hydrogen-bond acceptors (Lipinski definition) is 6. The summed E-state index contributed by atoms with van der Waals surface area (Å²) < 4.78 is 46.9. The van der Waals surface area contributed by atoms with Gasteiger partial charge in [0.2, 0.25) is 0 Å². The number of halogens is 1. The second-order valence-corrected chi connectivity index (χ2v) is 9.44. The fourth-order valence-corrected chi connectivity index (χ4v) is 4.24. The van der Waals surface area contributed by atoms with Crippen molar-refractivity contribution in [3.05, 3.63) is 35.1 Å². The summed E-state index contributed by atoms with van der Waals surface area (Å²) in [5.74, 6) is -0.425. The number of benzene rings is 1. The van der Waals surface area contributed by atoms with Gasteiger partial charge in [0, 0.05) is 32.0 Å². The van der Waals surface area contributed by atoms with Crippen LogP contribution in [0.2, 0.25) is 0 Å². The highest BCUT2D eigenvalue weighted by molar-refractivity contribution is 5.35. The maximum absolute atomic E-state index is 15.2. The summed E-state index contributed by atoms with van der Waals surface area (Å²) >= 11 is 0. The van der Waals surface area contributed by atoms with Crippen molar-refractivity contribution in [2.24, 2.45) is 0 Å². The molecule has 0 amide bonds. The van der Waals surface area contributed by atoms with E-state index in [0.717, 1.165) is 51.4 Å². The molecule has 7 heteroatoms. The molecule has 0 saturated carbocycles. The molecule has 5 atom stereocenters. The second-order valence-electron chi connectivity index (χ2n) is 9.44. The van der Waals surface area contributed by atoms with Gasteiger partial charge in [-0.25, -0.2) is 4.39 Å². The monoisotopic (exact) mass is 507 g/mol. The molecule has 0 aliphatic carbocycles. The molecular weight excluding hydrogens is 461 g/mol. The molecule has 1 heterocycles. The second kappa shape index (κ2) is 17.8. The molecule has 0 N–H and O–H groups in total. The molecule has 1 aliphatic heterocycles. The third kappa shape index (κ3) is 9.39. The SMILES string of the molecule is CCCCOCC1OC(c2cc(C#N)ccc2F)[C@H](OCCCC)C(OCCCC)[C@@H]1OCCCC. The summed E-state index contributed by atoms with van der Waals surface area (Å²) in [5.41, 5.74) is 0.688. The molecule has 204 valence electrons. The van der Waals surface area contributed by atoms with Gasteiger partial charge in [-0.1, -0.05) is 53.4 Å². The molecule has 0 radical (unpaired) electrons. The van der Waals surface area contributed by atoms with Crippen molar-refractivity contribution < 1.29 is 28.1 Å². The maximum atomic E-state index is 15.2. The number of nitriles is 1. The standard InChI is InChI=1S/C29H46FNO5/c1-5-9-15-32-21-25-27(33-16-10-6-2)29(35-18-12-8-4)28(34-17-11-7-3)26(36-25)23-19-22(20-31)13-14-24(23)30/h13-14,19,25-29H,5-12,15-18,21H2,1-4H3/t25?,26?,27-,28+,29?/m1/s1. The van der Waals surface area contributed by atoms with Crippen molar-refractivity contribution >= 4 is 0 Å². The van der Waals surface area contributed by atoms with E-state index in [4.69, 9.17) is 23.7 Å². The molecule has 6 nitrogen and oxygen atoms in total. The van der Waals surface area contributed by atoms with Crippen LogP contribution in [0.4, 0.5) is 4.39 Å². The number of unbranched alkanes of at least 4 members (excludes halogenated alkanes) is 4. The number of rotatable bonds is 18. The summed E-state index contributed by atoms with van der Waals surface area (Å²) in [5, 5.41) is 9.46. The first kappa shape index (κ1) is 30.7. The molecule has 0 spiro atoms. The molecule has 1 aromatic rings. The van der Waals surface area contributed by atoms with Gasteiger partial charge in [-0.05, 0) is 43.9 Å². The lowest BCUT2D eigenvalue weighted by Gasteiger charge is -2.46. The Kier molecular flexibility index (Phi) is 15.2. The molecule has 0 bridgehead atoms. The van der Waals surface area contributed by atoms with E-state index in [-0.39, 0.29) is 0 Å². The van der Waals surface area contributed by atoms with Gasteiger partial charge < -0.3 is 23.7 Å². The lowest BCUT2D eigenvalue weighted by atomic mass is 9.89. The molecular formula is C29H46FNO5. The summed E-state index contributed by atoms with van der Waals surface area (Å²) in [7, 11) is 0. The van der Waals surface area contributed by atoms with Crippen LogP contribution in [0.25, 0.3) is 0 Å². The highest BCUT2D eigenvalue weighted by Gasteiger charge is 2.49. The van der Waals surface area contributed by atoms with Crippen molar-refractivity contribution in [3.8, 4) is 6.07 Å². The van der Waals surface area contributed by atoms with E-state index in [1.807, 2.05) is 0 Å². The van der Waals surface area contributed by atoms with Gasteiger partial charge >= 0.3 is 0 Å². The Morgan fingerprint density at radius 2 is 1.36 bits per heavy atom. The van der Waals surface area contributed by atoms with E-state index in [0.29, 0.717) is 44.2 Å². The minimum absolute atomic E-state index is 0.310. The van der Waals surface area contributed by atoms with Crippen LogP contribution in [0.15, 0.2) is 18.2 Å². The molecule has 0 aromatic heterocycles. The van der Waals surface area contributed by atoms with Crippen molar-refractivity contribution in [2.75, 3.05) is 33.0 Å². The summed E-state index contributed by atoms with van der Waals surface area (Å²) in [6.45, 7) is 11.0. The van der Waals surface area contributed by atoms with E-state index in [1.165, 1.54) is 12.1 Å². The Labute approximate surface area is 217 Å². The van der Waals surface area contributed by atoms with E-state index in [9.17, 15) is 5.26 Å². The van der Waals surface area contributed by atoms with Crippen LogP contribution in [-0.4, -0.2) is 57.5 Å². The quantitative estimate of drug-likeness (QED) is 0.211. The van der Waals surface area contributed by atoms with Crippen LogP contribution in [0.5, 0.6) is 0 Å². The Bertz CT molecular complexity index is 771. The van der Waals surface area contributed by atoms with Gasteiger partial charge in [0.15, 0.2) is 0 Å². The highest BCUT2D eigenvalue weighted by atomic mass is 19.1. The highest BCUT2D eigenvalue weighted by Crippen LogP contribution is 2.39. The number of nitrogens with zero attached hydrogens (tertiary/aromatic N) is 1. The molecule has 1 saturated heterocycles. The topological polar surface area (TPSA) is 69.9 Å². The maximum Gasteiger partial charge on any atom is 0.129 e. The van der Waals surface area contributed by atoms with Gasteiger partial charge in [-0.3, -0.25) is 0 Å². The third-order valence-electron chi connectivity index (χ3n) is 6.41. The van der Waals surface area contributed by atoms with Gasteiger partial charge in [-0.2, -0.15) is 5.26 Å². The Morgan fingerprint density at radius 3 is 1.94 bits per heavy atom. The van der Waals surface area contributed by atoms with Crippen LogP contribution >= 0.6 is 0 Å². The fourth-order valence-electron chi connectivity index (χ4n) is 4.24. The summed E-state index contributed by atoms with van der Waals surface area (Å²) in [6.07, 6.45) is 5.05. The van der Waals surface area contributed by atoms with Gasteiger partial charge in [0.1, 0.15) is 36.3 Å². The lowest BCUT2D eigenvalue weighted by molar-refractivity contribution is -0.268. The molecule has 36 heavy (non-hydrogen) atoms. The zero-order valence-electron chi connectivity index (χ0n) is 22.7. The predicted octanol–water partition coefficient (Wildman–Crippen LogP) is 6.51. The zero-order chi connectivity index (χ0) is 26.2. The molecule has 1 fully saturated rings. The number of hydrogen-bond donors (Lipinski definition) is 0. The average Bonchev–Trinajstić information content (AvgIpc) is 2.89. The Balaban J connectivity index is 2.45. The Hall–Kier alpha value is -1.56. The Morgan fingerprint density at radius 1 is 0.806 bits per heavy atom. The fraction of sp³-hybridized carbons (Fsp3) is 0.759. The summed E-state index contributed by atoms with van der Waals surface area (Å²) in [6, 6.07) is 6.48. The third-order valence-corrected chi connectivity index (χ3v) is 6.41. The van der Waals surface area contributed by atoms with Crippen molar-refractivity contribution in [3.63, 3.8) is 0 Å². The average molecular weight is 508 g/mol. The largest absolute Gasteiger partial charge is 0.379 e. The lowest BCUT2D eigenvalue weighted by Crippen LogP contribution is -2.58. The first-order valence-corrected chi connectivity index (χ1v) is 13.9. The van der Waals surface area contributed by atoms with Crippen LogP contribution in [0, 0.1) is 17.1 Å². The molecule has 2 rings (SSSR count). The van der Waals surface area contributed by atoms with Gasteiger partial charge in [-0.15, -0.1) is 0 Å². The van der Waals surface area contributed by atoms with Crippen LogP contribution in [0.3, 0.4) is 0 Å². The predicted molar refractivity (Wildman–Crippen MR) is 138 cm³/mol. The molecule has 1 aromatic carbocycles. The first-order chi connectivity index (χ1) is 17.6. The minimum Gasteiger partial charge on any atom is -0.379 e. The minimum atomic E-state index is -0.743. The first-order valence-electron chi connectivity index (χ1n) is 13.9. The smallest absolute Gasteiger partial charge is 0.129 e. The number of ether oxygens (including phenoxy) is 5. The van der Waals surface area contributed by atoms with Gasteiger partial charge in [0.25, 0.3) is 0 Å². The summed E-state index contributed by atoms with van der Waals surface area (Å²) in [4.78, 5) is 0. The normalized spacial score (nSPS) is 24.1. The van der Waals surface area contributed by atoms with Crippen LogP contribution < -0.4 is 0 Å². The van der Waals surface area contributed by atoms with Crippen molar-refractivity contribution in [1.29, 1.82) is 5.26 Å². The van der Waals surface area contributed by atoms with Crippen molar-refractivity contribution in [2.45, 2.75) is 110 Å². The van der Waals surface area contributed by atoms with Gasteiger partial charge in [0.05, 0.1) is 18.2 Å². The van der Waals surface area contributed by atoms with Crippen LogP contribution in [-0.2, 0) is 23.7 Å². The van der Waals surface area contributed by atoms with Crippen LogP contribution in [0.1, 0.15) is 96.3 Å². The molecule has 3 unspecified atom stereocenters. The van der Waals surface area contributed by atoms with E-state index in [2.05, 4.69) is 33.8 Å². The van der Waals surface area contributed by atoms with Crippen molar-refractivity contribution in [1.82, 2.24) is 0 Å². The molecule has 1 aliphatic rings. The van der Waals surface area contributed by atoms with E-state index >= 15 is 4.39 Å². The van der Waals surface area contributed by atoms with E-state index < -0.39 is 36.3 Å².